The van der Waals surface area contributed by atoms with E-state index in [1.165, 1.54) is 22.3 Å². The summed E-state index contributed by atoms with van der Waals surface area (Å²) in [5.74, 6) is 1.58. The van der Waals surface area contributed by atoms with Crippen LogP contribution in [0.15, 0.2) is 36.9 Å². The van der Waals surface area contributed by atoms with Crippen LogP contribution in [0.2, 0.25) is 0 Å². The Labute approximate surface area is 138 Å². The quantitative estimate of drug-likeness (QED) is 0.846. The van der Waals surface area contributed by atoms with Gasteiger partial charge in [-0.2, -0.15) is 0 Å². The van der Waals surface area contributed by atoms with E-state index in [1.54, 1.807) is 14.2 Å². The minimum atomic E-state index is 0.324. The van der Waals surface area contributed by atoms with Gasteiger partial charge in [0.1, 0.15) is 0 Å². The van der Waals surface area contributed by atoms with Crippen LogP contribution in [0.4, 0.5) is 0 Å². The van der Waals surface area contributed by atoms with Crippen molar-refractivity contribution in [3.8, 4) is 22.6 Å². The van der Waals surface area contributed by atoms with Gasteiger partial charge in [-0.1, -0.05) is 36.9 Å². The molecule has 1 unspecified atom stereocenters. The molecule has 0 fully saturated rings. The third-order valence-electron chi connectivity index (χ3n) is 4.63. The van der Waals surface area contributed by atoms with Gasteiger partial charge in [-0.25, -0.2) is 0 Å². The Balaban J connectivity index is 2.35. The minimum Gasteiger partial charge on any atom is -0.493 e. The zero-order valence-electron chi connectivity index (χ0n) is 14.2. The van der Waals surface area contributed by atoms with Crippen molar-refractivity contribution in [3.63, 3.8) is 0 Å². The number of benzene rings is 2. The summed E-state index contributed by atoms with van der Waals surface area (Å²) in [6.07, 6.45) is 2.88. The van der Waals surface area contributed by atoms with Gasteiger partial charge < -0.3 is 14.4 Å². The van der Waals surface area contributed by atoms with Crippen molar-refractivity contribution in [3.05, 3.63) is 53.6 Å². The highest BCUT2D eigenvalue weighted by Gasteiger charge is 2.31. The number of fused-ring (bicyclic) bond motifs is 3. The standard InChI is InChI=1S/C20H23NO2/c1-6-13-8-7-9-15-18(13)16(21(2)3)12-14-10-11-17(22-4)20(23-5)19(14)15/h6-11,16H,1,12H2,2-5H3. The van der Waals surface area contributed by atoms with Crippen LogP contribution in [-0.4, -0.2) is 33.2 Å². The normalized spacial score (nSPS) is 15.8. The van der Waals surface area contributed by atoms with Crippen molar-refractivity contribution in [2.24, 2.45) is 0 Å². The largest absolute Gasteiger partial charge is 0.493 e. The molecular formula is C20H23NO2. The molecule has 0 saturated heterocycles. The van der Waals surface area contributed by atoms with Gasteiger partial charge >= 0.3 is 0 Å². The van der Waals surface area contributed by atoms with Gasteiger partial charge in [0.2, 0.25) is 0 Å². The number of methoxy groups -OCH3 is 2. The lowest BCUT2D eigenvalue weighted by atomic mass is 9.79. The van der Waals surface area contributed by atoms with Crippen molar-refractivity contribution in [1.29, 1.82) is 0 Å². The smallest absolute Gasteiger partial charge is 0.168 e. The van der Waals surface area contributed by atoms with Crippen molar-refractivity contribution in [2.45, 2.75) is 12.5 Å². The second-order valence-corrected chi connectivity index (χ2v) is 6.03. The fourth-order valence-corrected chi connectivity index (χ4v) is 3.54. The molecule has 0 heterocycles. The van der Waals surface area contributed by atoms with Crippen molar-refractivity contribution < 1.29 is 9.47 Å². The highest BCUT2D eigenvalue weighted by molar-refractivity contribution is 5.84. The molecule has 23 heavy (non-hydrogen) atoms. The molecule has 0 N–H and O–H groups in total. The predicted octanol–water partition coefficient (Wildman–Crippen LogP) is 4.17. The lowest BCUT2D eigenvalue weighted by molar-refractivity contribution is 0.294. The van der Waals surface area contributed by atoms with Gasteiger partial charge in [-0.05, 0) is 48.8 Å². The van der Waals surface area contributed by atoms with Crippen LogP contribution in [0.25, 0.3) is 17.2 Å². The van der Waals surface area contributed by atoms with E-state index in [1.807, 2.05) is 12.1 Å². The van der Waals surface area contributed by atoms with Crippen LogP contribution in [0, 0.1) is 0 Å². The second kappa shape index (κ2) is 6.09. The lowest BCUT2D eigenvalue weighted by Gasteiger charge is -2.34. The van der Waals surface area contributed by atoms with Crippen LogP contribution < -0.4 is 9.47 Å². The molecule has 0 radical (unpaired) electrons. The molecule has 0 aliphatic heterocycles. The average Bonchev–Trinajstić information content (AvgIpc) is 2.58. The van der Waals surface area contributed by atoms with E-state index in [-0.39, 0.29) is 0 Å². The molecule has 3 rings (SSSR count). The van der Waals surface area contributed by atoms with Crippen LogP contribution in [0.5, 0.6) is 11.5 Å². The van der Waals surface area contributed by atoms with Gasteiger partial charge in [-0.3, -0.25) is 0 Å². The molecular weight excluding hydrogens is 286 g/mol. The summed E-state index contributed by atoms with van der Waals surface area (Å²) in [5, 5.41) is 0. The lowest BCUT2D eigenvalue weighted by Crippen LogP contribution is -2.26. The maximum absolute atomic E-state index is 5.70. The summed E-state index contributed by atoms with van der Waals surface area (Å²) in [5.41, 5.74) is 6.13. The van der Waals surface area contributed by atoms with Crippen molar-refractivity contribution in [1.82, 2.24) is 4.90 Å². The molecule has 1 aliphatic rings. The Morgan fingerprint density at radius 2 is 1.91 bits per heavy atom. The number of hydrogen-bond donors (Lipinski definition) is 0. The number of hydrogen-bond acceptors (Lipinski definition) is 3. The SMILES string of the molecule is C=Cc1cccc2c1C(N(C)C)Cc1ccc(OC)c(OC)c1-2. The molecule has 2 aromatic carbocycles. The summed E-state index contributed by atoms with van der Waals surface area (Å²) >= 11 is 0. The summed E-state index contributed by atoms with van der Waals surface area (Å²) in [6.45, 7) is 3.99. The Morgan fingerprint density at radius 1 is 1.13 bits per heavy atom. The van der Waals surface area contributed by atoms with Gasteiger partial charge in [0.15, 0.2) is 11.5 Å². The monoisotopic (exact) mass is 309 g/mol. The fourth-order valence-electron chi connectivity index (χ4n) is 3.54. The van der Waals surface area contributed by atoms with E-state index in [2.05, 4.69) is 49.8 Å². The van der Waals surface area contributed by atoms with Gasteiger partial charge in [-0.15, -0.1) is 0 Å². The predicted molar refractivity (Wildman–Crippen MR) is 95.2 cm³/mol. The average molecular weight is 309 g/mol. The van der Waals surface area contributed by atoms with Crippen LogP contribution in [0.3, 0.4) is 0 Å². The zero-order valence-corrected chi connectivity index (χ0v) is 14.2. The maximum Gasteiger partial charge on any atom is 0.168 e. The second-order valence-electron chi connectivity index (χ2n) is 6.03. The molecule has 3 nitrogen and oxygen atoms in total. The van der Waals surface area contributed by atoms with E-state index >= 15 is 0 Å². The van der Waals surface area contributed by atoms with Crippen molar-refractivity contribution >= 4 is 6.08 Å². The van der Waals surface area contributed by atoms with E-state index in [0.29, 0.717) is 6.04 Å². The van der Waals surface area contributed by atoms with Crippen LogP contribution in [0.1, 0.15) is 22.7 Å². The summed E-state index contributed by atoms with van der Waals surface area (Å²) < 4.78 is 11.2. The molecule has 0 spiro atoms. The molecule has 0 saturated carbocycles. The Kier molecular flexibility index (Phi) is 4.14. The van der Waals surface area contributed by atoms with Crippen LogP contribution in [-0.2, 0) is 6.42 Å². The topological polar surface area (TPSA) is 21.7 Å². The summed E-state index contributed by atoms with van der Waals surface area (Å²) in [7, 11) is 7.63. The first-order valence-corrected chi connectivity index (χ1v) is 7.78. The molecule has 3 heteroatoms. The number of rotatable bonds is 4. The molecule has 1 aliphatic carbocycles. The van der Waals surface area contributed by atoms with Crippen molar-refractivity contribution in [2.75, 3.05) is 28.3 Å². The number of ether oxygens (including phenoxy) is 2. The Morgan fingerprint density at radius 3 is 2.52 bits per heavy atom. The highest BCUT2D eigenvalue weighted by Crippen LogP contribution is 2.49. The molecule has 0 aromatic heterocycles. The van der Waals surface area contributed by atoms with Crippen LogP contribution >= 0.6 is 0 Å². The third kappa shape index (κ3) is 2.41. The van der Waals surface area contributed by atoms with E-state index in [4.69, 9.17) is 9.47 Å². The summed E-state index contributed by atoms with van der Waals surface area (Å²) in [6, 6.07) is 10.8. The summed E-state index contributed by atoms with van der Waals surface area (Å²) in [4.78, 5) is 2.27. The first-order valence-electron chi connectivity index (χ1n) is 7.78. The first-order chi connectivity index (χ1) is 11.1. The van der Waals surface area contributed by atoms with E-state index < -0.39 is 0 Å². The fraction of sp³-hybridized carbons (Fsp3) is 0.300. The molecule has 0 bridgehead atoms. The molecule has 120 valence electrons. The zero-order chi connectivity index (χ0) is 16.6. The van der Waals surface area contributed by atoms with E-state index in [0.717, 1.165) is 23.5 Å². The van der Waals surface area contributed by atoms with Gasteiger partial charge in [0, 0.05) is 11.6 Å². The number of nitrogens with zero attached hydrogens (tertiary/aromatic N) is 1. The highest BCUT2D eigenvalue weighted by atomic mass is 16.5. The first kappa shape index (κ1) is 15.6. The Bertz CT molecular complexity index is 750. The molecule has 0 amide bonds. The number of likely N-dealkylation sites (N-methyl/N-ethyl adjacent to an activating group) is 1. The molecule has 1 atom stereocenters. The third-order valence-corrected chi connectivity index (χ3v) is 4.63. The minimum absolute atomic E-state index is 0.324. The van der Waals surface area contributed by atoms with E-state index in [9.17, 15) is 0 Å². The van der Waals surface area contributed by atoms with Gasteiger partial charge in [0.25, 0.3) is 0 Å². The maximum atomic E-state index is 5.70. The van der Waals surface area contributed by atoms with Gasteiger partial charge in [0.05, 0.1) is 14.2 Å². The Hall–Kier alpha value is -2.26. The molecule has 2 aromatic rings.